The first kappa shape index (κ1) is 59.0. The maximum absolute atomic E-state index is 10.9. The zero-order valence-corrected chi connectivity index (χ0v) is 48.4. The van der Waals surface area contributed by atoms with Crippen molar-refractivity contribution in [1.82, 2.24) is 40.0 Å². The molecule has 0 aliphatic carbocycles. The molecule has 0 amide bonds. The average Bonchev–Trinajstić information content (AvgIpc) is 2.68. The molecule has 2 aromatic heterocycles. The fourth-order valence-corrected chi connectivity index (χ4v) is 12.4. The van der Waals surface area contributed by atoms with Crippen molar-refractivity contribution in [3.8, 4) is 56.5 Å². The molecule has 19 nitrogen and oxygen atoms in total. The van der Waals surface area contributed by atoms with E-state index in [2.05, 4.69) is 88.5 Å². The lowest BCUT2D eigenvalue weighted by Crippen LogP contribution is -2.46. The van der Waals surface area contributed by atoms with E-state index >= 15 is 0 Å². The molecule has 6 aromatic carbocycles. The van der Waals surface area contributed by atoms with Crippen LogP contribution in [-0.2, 0) is 25.5 Å². The Morgan fingerprint density at radius 2 is 0.918 bits per heavy atom. The molecule has 0 bridgehead atoms. The van der Waals surface area contributed by atoms with Crippen LogP contribution in [0.1, 0.15) is 15.9 Å². The number of fused-ring (bicyclic) bond motifs is 4. The van der Waals surface area contributed by atoms with Crippen LogP contribution in [0.5, 0.6) is 12.0 Å². The number of H-pyrrole nitrogens is 2. The van der Waals surface area contributed by atoms with Crippen molar-refractivity contribution < 1.29 is 53.6 Å². The molecule has 8 atom stereocenters. The fourth-order valence-electron chi connectivity index (χ4n) is 11.8. The van der Waals surface area contributed by atoms with E-state index in [0.717, 1.165) is 139 Å². The smallest absolute Gasteiger partial charge is 0.295 e. The number of aromatic amines is 2. The Morgan fingerprint density at radius 1 is 0.518 bits per heavy atom. The number of benzene rings is 6. The van der Waals surface area contributed by atoms with Crippen LogP contribution >= 0.6 is 23.2 Å². The van der Waals surface area contributed by atoms with Crippen LogP contribution in [0.15, 0.2) is 121 Å². The SMILES string of the molecule is O=Cc1ccc(-c2ccc(-c3cc4nc(O[C@@H]5CO[C@H]6[C@@H]5OC[C@H]6O)[nH]c4cc3Cl)cc2)cc1.OCCN1CCN(Cc2ccc(-c3ccc(-c4cc5nc(O[C@@H]6CO[C@H]7[C@@H]6OC[C@H]7O)[nH]c5cc4Cl)cc3)cc2)CC1.OCCN1CCNCC1. The summed E-state index contributed by atoms with van der Waals surface area (Å²) in [7, 11) is 0. The minimum absolute atomic E-state index is 0.229. The standard InChI is InChI=1S/C32H35ClN4O5.C26H21ClN2O5.C6H14N2O/c33-25-16-27-26(34-32(35-27)42-29-19-41-30-28(39)18-40-31(29)30)15-24(25)23-7-5-22(6-8-23)21-3-1-20(2-4-21)17-37-11-9-36(10-12-37)13-14-38;27-19-10-21-20(28-26(29-21)34-23-13-33-24-22(31)12-32-25(23)24)9-18(19)17-7-5-16(6-8-17)15-3-1-14(11-30)2-4-15;9-6-5-8-3-1-7-2-4-8/h1-8,15-16,28-31,38-39H,9-14,17-19H2,(H,34,35);1-11,22-25,31H,12-13H2,(H,28,29);7,9H,1-6H2/t28-,29-,30-,31-;22-,23-,24-,25-;/m11./s1. The second-order valence-electron chi connectivity index (χ2n) is 22.2. The van der Waals surface area contributed by atoms with Crippen molar-refractivity contribution in [3.05, 3.63) is 142 Å². The number of imidazole rings is 2. The van der Waals surface area contributed by atoms with Crippen LogP contribution in [0.25, 0.3) is 66.6 Å². The summed E-state index contributed by atoms with van der Waals surface area (Å²) in [6.07, 6.45) is -2.42. The summed E-state index contributed by atoms with van der Waals surface area (Å²) >= 11 is 13.3. The van der Waals surface area contributed by atoms with Gasteiger partial charge in [-0.25, -0.2) is 0 Å². The number of carbonyl (C=O) groups excluding carboxylic acids is 1. The van der Waals surface area contributed by atoms with E-state index in [4.69, 9.17) is 61.8 Å². The molecule has 6 fully saturated rings. The van der Waals surface area contributed by atoms with Gasteiger partial charge in [0.05, 0.1) is 71.8 Å². The molecule has 446 valence electrons. The number of rotatable bonds is 15. The number of hydrogen-bond donors (Lipinski definition) is 7. The van der Waals surface area contributed by atoms with Gasteiger partial charge in [-0.05, 0) is 63.2 Å². The Bertz CT molecular complexity index is 3500. The zero-order chi connectivity index (χ0) is 58.4. The summed E-state index contributed by atoms with van der Waals surface area (Å²) in [5, 5.41) is 42.1. The highest BCUT2D eigenvalue weighted by Crippen LogP contribution is 2.38. The van der Waals surface area contributed by atoms with Crippen molar-refractivity contribution in [2.24, 2.45) is 0 Å². The minimum Gasteiger partial charge on any atom is -0.456 e. The summed E-state index contributed by atoms with van der Waals surface area (Å²) in [6.45, 7) is 12.6. The number of nitrogens with one attached hydrogen (secondary N) is 3. The lowest BCUT2D eigenvalue weighted by Gasteiger charge is -2.34. The highest BCUT2D eigenvalue weighted by atomic mass is 35.5. The Labute approximate surface area is 502 Å². The lowest BCUT2D eigenvalue weighted by molar-refractivity contribution is 0.00704. The molecule has 0 unspecified atom stereocenters. The number of aromatic nitrogens is 4. The van der Waals surface area contributed by atoms with Gasteiger partial charge in [-0.2, -0.15) is 9.97 Å². The van der Waals surface area contributed by atoms with Gasteiger partial charge in [0.1, 0.15) is 42.9 Å². The predicted molar refractivity (Wildman–Crippen MR) is 324 cm³/mol. The predicted octanol–water partition coefficient (Wildman–Crippen LogP) is 6.72. The maximum Gasteiger partial charge on any atom is 0.295 e. The summed E-state index contributed by atoms with van der Waals surface area (Å²) in [5.41, 5.74) is 13.1. The van der Waals surface area contributed by atoms with Crippen molar-refractivity contribution in [2.75, 3.05) is 105 Å². The van der Waals surface area contributed by atoms with Gasteiger partial charge in [-0.15, -0.1) is 0 Å². The van der Waals surface area contributed by atoms with Gasteiger partial charge >= 0.3 is 0 Å². The van der Waals surface area contributed by atoms with Crippen LogP contribution in [-0.4, -0.2) is 215 Å². The fraction of sp³-hybridized carbons (Fsp3) is 0.391. The van der Waals surface area contributed by atoms with E-state index in [1.807, 2.05) is 60.7 Å². The highest BCUT2D eigenvalue weighted by Gasteiger charge is 2.50. The third-order valence-corrected chi connectivity index (χ3v) is 17.2. The average molecular weight is 1200 g/mol. The molecule has 14 rings (SSSR count). The molecule has 8 heterocycles. The monoisotopic (exact) mass is 1200 g/mol. The number of aldehydes is 1. The molecule has 7 N–H and O–H groups in total. The molecule has 0 spiro atoms. The molecular weight excluding hydrogens is 1130 g/mol. The number of aliphatic hydroxyl groups excluding tert-OH is 4. The molecule has 21 heteroatoms. The molecule has 8 aromatic rings. The minimum atomic E-state index is -0.627. The van der Waals surface area contributed by atoms with E-state index in [-0.39, 0.29) is 56.4 Å². The number of halogens is 2. The third-order valence-electron chi connectivity index (χ3n) is 16.6. The summed E-state index contributed by atoms with van der Waals surface area (Å²) in [5.74, 6) is 0. The maximum atomic E-state index is 10.9. The highest BCUT2D eigenvalue weighted by molar-refractivity contribution is 6.34. The Kier molecular flexibility index (Phi) is 18.8. The topological polar surface area (TPSA) is 232 Å². The van der Waals surface area contributed by atoms with Crippen LogP contribution in [0.4, 0.5) is 0 Å². The number of nitrogens with zero attached hydrogens (tertiary/aromatic N) is 5. The van der Waals surface area contributed by atoms with Crippen molar-refractivity contribution in [1.29, 1.82) is 0 Å². The van der Waals surface area contributed by atoms with Crippen LogP contribution in [0, 0.1) is 0 Å². The van der Waals surface area contributed by atoms with E-state index in [1.165, 1.54) is 11.1 Å². The van der Waals surface area contributed by atoms with Crippen molar-refractivity contribution in [2.45, 2.75) is 55.4 Å². The van der Waals surface area contributed by atoms with Gasteiger partial charge in [0.15, 0.2) is 12.2 Å². The van der Waals surface area contributed by atoms with E-state index < -0.39 is 12.2 Å². The summed E-state index contributed by atoms with van der Waals surface area (Å²) < 4.78 is 34.6. The third kappa shape index (κ3) is 13.8. The van der Waals surface area contributed by atoms with Crippen LogP contribution in [0.2, 0.25) is 10.0 Å². The lowest BCUT2D eigenvalue weighted by atomic mass is 9.99. The van der Waals surface area contributed by atoms with Gasteiger partial charge in [0.2, 0.25) is 0 Å². The zero-order valence-electron chi connectivity index (χ0n) is 46.9. The van der Waals surface area contributed by atoms with Crippen LogP contribution < -0.4 is 14.8 Å². The molecule has 6 aliphatic rings. The molecule has 0 radical (unpaired) electrons. The summed E-state index contributed by atoms with van der Waals surface area (Å²) in [4.78, 5) is 33.5. The van der Waals surface area contributed by atoms with Gasteiger partial charge in [-0.3, -0.25) is 19.5 Å². The molecule has 6 saturated heterocycles. The molecule has 6 aliphatic heterocycles. The number of β-amino-alcohol motifs (C(OH)–C–C–N with tert-alkyl or cyclic N) is 2. The number of piperazine rings is 2. The van der Waals surface area contributed by atoms with E-state index in [9.17, 15) is 15.0 Å². The normalized spacial score (nSPS) is 24.2. The Balaban J connectivity index is 0.000000148. The number of aliphatic hydroxyl groups is 4. The number of hydrogen-bond acceptors (Lipinski definition) is 17. The Hall–Kier alpha value is -6.37. The first-order valence-corrected chi connectivity index (χ1v) is 29.8. The first-order chi connectivity index (χ1) is 41.6. The van der Waals surface area contributed by atoms with E-state index in [1.54, 1.807) is 12.1 Å². The quantitative estimate of drug-likeness (QED) is 0.0528. The van der Waals surface area contributed by atoms with Gasteiger partial charge in [-0.1, -0.05) is 120 Å². The summed E-state index contributed by atoms with van der Waals surface area (Å²) in [6, 6.07) is 41.1. The largest absolute Gasteiger partial charge is 0.456 e. The molecule has 85 heavy (non-hydrogen) atoms. The molecular formula is C64H70Cl2N8O11. The van der Waals surface area contributed by atoms with E-state index in [0.29, 0.717) is 47.5 Å². The molecule has 0 saturated carbocycles. The second-order valence-corrected chi connectivity index (χ2v) is 23.0. The Morgan fingerprint density at radius 3 is 1.36 bits per heavy atom. The van der Waals surface area contributed by atoms with Crippen molar-refractivity contribution >= 4 is 51.6 Å². The number of carbonyl (C=O) groups is 1. The van der Waals surface area contributed by atoms with Gasteiger partial charge in [0.25, 0.3) is 12.0 Å². The number of ether oxygens (including phenoxy) is 6. The van der Waals surface area contributed by atoms with Crippen LogP contribution in [0.3, 0.4) is 0 Å². The van der Waals surface area contributed by atoms with Gasteiger partial charge in [0, 0.05) is 88.7 Å². The second kappa shape index (κ2) is 27.1. The first-order valence-electron chi connectivity index (χ1n) is 29.1. The van der Waals surface area contributed by atoms with Gasteiger partial charge < -0.3 is 64.1 Å². The van der Waals surface area contributed by atoms with Crippen molar-refractivity contribution in [3.63, 3.8) is 0 Å².